The topological polar surface area (TPSA) is 70.1 Å². The Morgan fingerprint density at radius 3 is 2.71 bits per heavy atom. The Morgan fingerprint density at radius 2 is 2.14 bits per heavy atom. The van der Waals surface area contributed by atoms with E-state index in [0.717, 1.165) is 0 Å². The highest BCUT2D eigenvalue weighted by Crippen LogP contribution is 2.29. The first-order valence-electron chi connectivity index (χ1n) is 6.86. The third-order valence-electron chi connectivity index (χ3n) is 3.48. The van der Waals surface area contributed by atoms with E-state index in [4.69, 9.17) is 10.5 Å². The van der Waals surface area contributed by atoms with E-state index in [1.807, 2.05) is 13.8 Å². The molecule has 1 aromatic heterocycles. The van der Waals surface area contributed by atoms with Gasteiger partial charge >= 0.3 is 5.97 Å². The number of anilines is 1. The highest BCUT2D eigenvalue weighted by Gasteiger charge is 2.26. The lowest BCUT2D eigenvalue weighted by molar-refractivity contribution is -0.145. The fourth-order valence-electron chi connectivity index (χ4n) is 2.46. The Bertz CT molecular complexity index is 679. The Labute approximate surface area is 122 Å². The molecule has 2 N–H and O–H groups in total. The van der Waals surface area contributed by atoms with E-state index < -0.39 is 6.04 Å². The summed E-state index contributed by atoms with van der Waals surface area (Å²) in [6, 6.07) is 2.43. The lowest BCUT2D eigenvalue weighted by Crippen LogP contribution is -2.23. The number of hydrogen-bond acceptors (Lipinski definition) is 4. The number of carbonyl (C=O) groups excluding carboxylic acids is 1. The van der Waals surface area contributed by atoms with Crippen molar-refractivity contribution in [2.45, 2.75) is 33.2 Å². The first kappa shape index (κ1) is 15.3. The zero-order valence-electron chi connectivity index (χ0n) is 12.7. The number of benzene rings is 1. The summed E-state index contributed by atoms with van der Waals surface area (Å²) in [5.74, 6) is -0.263. The van der Waals surface area contributed by atoms with Crippen LogP contribution < -0.4 is 5.73 Å². The number of rotatable bonds is 4. The van der Waals surface area contributed by atoms with E-state index in [-0.39, 0.29) is 23.7 Å². The van der Waals surface area contributed by atoms with Gasteiger partial charge in [0, 0.05) is 6.07 Å². The smallest absolute Gasteiger partial charge is 0.328 e. The van der Waals surface area contributed by atoms with Crippen LogP contribution in [0.15, 0.2) is 12.1 Å². The largest absolute Gasteiger partial charge is 0.467 e. The summed E-state index contributed by atoms with van der Waals surface area (Å²) >= 11 is 0. The van der Waals surface area contributed by atoms with Crippen molar-refractivity contribution >= 4 is 23.0 Å². The van der Waals surface area contributed by atoms with Crippen molar-refractivity contribution in [3.63, 3.8) is 0 Å². The summed E-state index contributed by atoms with van der Waals surface area (Å²) in [5, 5.41) is 0. The van der Waals surface area contributed by atoms with E-state index in [2.05, 4.69) is 4.98 Å². The molecule has 0 amide bonds. The molecule has 0 aliphatic rings. The summed E-state index contributed by atoms with van der Waals surface area (Å²) < 4.78 is 20.2. The quantitative estimate of drug-likeness (QED) is 0.880. The highest BCUT2D eigenvalue weighted by molar-refractivity contribution is 5.83. The number of methoxy groups -OCH3 is 1. The van der Waals surface area contributed by atoms with Crippen LogP contribution in [0, 0.1) is 18.7 Å². The lowest BCUT2D eigenvalue weighted by atomic mass is 10.0. The van der Waals surface area contributed by atoms with Gasteiger partial charge in [0.15, 0.2) is 0 Å². The maximum absolute atomic E-state index is 13.6. The van der Waals surface area contributed by atoms with Gasteiger partial charge in [0.05, 0.1) is 18.1 Å². The first-order valence-corrected chi connectivity index (χ1v) is 6.86. The number of carbonyl (C=O) groups is 1. The Hall–Kier alpha value is -2.11. The van der Waals surface area contributed by atoms with Gasteiger partial charge in [-0.05, 0) is 30.9 Å². The van der Waals surface area contributed by atoms with Gasteiger partial charge in [-0.25, -0.2) is 14.2 Å². The van der Waals surface area contributed by atoms with Crippen molar-refractivity contribution in [1.29, 1.82) is 0 Å². The molecule has 0 fully saturated rings. The number of esters is 1. The van der Waals surface area contributed by atoms with Crippen LogP contribution in [0.1, 0.15) is 31.9 Å². The average molecular weight is 293 g/mol. The zero-order valence-corrected chi connectivity index (χ0v) is 12.7. The van der Waals surface area contributed by atoms with Crippen molar-refractivity contribution < 1.29 is 13.9 Å². The maximum Gasteiger partial charge on any atom is 0.328 e. The molecular formula is C15H20FN3O2. The Kier molecular flexibility index (Phi) is 4.16. The van der Waals surface area contributed by atoms with Gasteiger partial charge in [-0.2, -0.15) is 0 Å². The Morgan fingerprint density at radius 1 is 1.48 bits per heavy atom. The van der Waals surface area contributed by atoms with Gasteiger partial charge in [-0.15, -0.1) is 0 Å². The molecule has 0 aliphatic carbocycles. The van der Waals surface area contributed by atoms with Crippen molar-refractivity contribution in [2.24, 2.45) is 5.92 Å². The molecular weight excluding hydrogens is 273 g/mol. The van der Waals surface area contributed by atoms with E-state index in [9.17, 15) is 9.18 Å². The molecule has 0 aliphatic heterocycles. The molecule has 6 heteroatoms. The Balaban J connectivity index is 2.64. The third-order valence-corrected chi connectivity index (χ3v) is 3.48. The lowest BCUT2D eigenvalue weighted by Gasteiger charge is -2.20. The predicted molar refractivity (Wildman–Crippen MR) is 79.3 cm³/mol. The second kappa shape index (κ2) is 5.71. The minimum Gasteiger partial charge on any atom is -0.467 e. The monoisotopic (exact) mass is 293 g/mol. The zero-order chi connectivity index (χ0) is 15.7. The summed E-state index contributed by atoms with van der Waals surface area (Å²) in [5.41, 5.74) is 7.51. The highest BCUT2D eigenvalue weighted by atomic mass is 19.1. The normalized spacial score (nSPS) is 12.9. The van der Waals surface area contributed by atoms with Gasteiger partial charge in [-0.3, -0.25) is 4.57 Å². The van der Waals surface area contributed by atoms with E-state index >= 15 is 0 Å². The standard InChI is InChI=1S/C15H20FN3O2/c1-8(2)5-13(14(20)21-4)19-12-6-9(3)10(16)7-11(12)18-15(19)17/h6-8,13H,5H2,1-4H3,(H2,17,18). The number of ether oxygens (including phenoxy) is 1. The SMILES string of the molecule is COC(=O)C(CC(C)C)n1c(N)nc2cc(F)c(C)cc21. The molecule has 114 valence electrons. The molecule has 1 aromatic carbocycles. The van der Waals surface area contributed by atoms with Gasteiger partial charge in [-0.1, -0.05) is 13.8 Å². The minimum atomic E-state index is -0.565. The number of halogens is 1. The van der Waals surface area contributed by atoms with Crippen LogP contribution in [0.5, 0.6) is 0 Å². The van der Waals surface area contributed by atoms with Crippen LogP contribution in [0.25, 0.3) is 11.0 Å². The molecule has 5 nitrogen and oxygen atoms in total. The predicted octanol–water partition coefficient (Wildman–Crippen LogP) is 2.83. The molecule has 0 saturated carbocycles. The fraction of sp³-hybridized carbons (Fsp3) is 0.467. The first-order chi connectivity index (χ1) is 9.85. The number of nitrogens with zero attached hydrogens (tertiary/aromatic N) is 2. The van der Waals surface area contributed by atoms with Gasteiger partial charge in [0.2, 0.25) is 5.95 Å². The number of aryl methyl sites for hydroxylation is 1. The van der Waals surface area contributed by atoms with Crippen LogP contribution in [-0.4, -0.2) is 22.6 Å². The van der Waals surface area contributed by atoms with Gasteiger partial charge in [0.25, 0.3) is 0 Å². The second-order valence-electron chi connectivity index (χ2n) is 5.60. The van der Waals surface area contributed by atoms with Crippen molar-refractivity contribution in [2.75, 3.05) is 12.8 Å². The minimum absolute atomic E-state index is 0.186. The van der Waals surface area contributed by atoms with Crippen molar-refractivity contribution in [3.8, 4) is 0 Å². The molecule has 1 heterocycles. The van der Waals surface area contributed by atoms with E-state index in [1.54, 1.807) is 17.6 Å². The summed E-state index contributed by atoms with van der Waals surface area (Å²) in [7, 11) is 1.34. The van der Waals surface area contributed by atoms with E-state index in [0.29, 0.717) is 23.0 Å². The number of nitrogen functional groups attached to an aromatic ring is 1. The van der Waals surface area contributed by atoms with Crippen LogP contribution in [-0.2, 0) is 9.53 Å². The number of hydrogen-bond donors (Lipinski definition) is 1. The number of imidazole rings is 1. The molecule has 2 rings (SSSR count). The van der Waals surface area contributed by atoms with Crippen molar-refractivity contribution in [1.82, 2.24) is 9.55 Å². The summed E-state index contributed by atoms with van der Waals surface area (Å²) in [6.07, 6.45) is 0.568. The van der Waals surface area contributed by atoms with Crippen molar-refractivity contribution in [3.05, 3.63) is 23.5 Å². The molecule has 0 bridgehead atoms. The molecule has 0 radical (unpaired) electrons. The number of nitrogens with two attached hydrogens (primary N) is 1. The maximum atomic E-state index is 13.6. The van der Waals surface area contributed by atoms with Gasteiger partial charge in [0.1, 0.15) is 11.9 Å². The summed E-state index contributed by atoms with van der Waals surface area (Å²) in [4.78, 5) is 16.2. The molecule has 2 aromatic rings. The molecule has 0 spiro atoms. The fourth-order valence-corrected chi connectivity index (χ4v) is 2.46. The molecule has 21 heavy (non-hydrogen) atoms. The molecule has 0 saturated heterocycles. The van der Waals surface area contributed by atoms with Crippen LogP contribution in [0.4, 0.5) is 10.3 Å². The van der Waals surface area contributed by atoms with Gasteiger partial charge < -0.3 is 10.5 Å². The van der Waals surface area contributed by atoms with Crippen LogP contribution >= 0.6 is 0 Å². The summed E-state index contributed by atoms with van der Waals surface area (Å²) in [6.45, 7) is 5.68. The molecule has 1 unspecified atom stereocenters. The van der Waals surface area contributed by atoms with Crippen LogP contribution in [0.3, 0.4) is 0 Å². The molecule has 1 atom stereocenters. The number of aromatic nitrogens is 2. The number of fused-ring (bicyclic) bond motifs is 1. The van der Waals surface area contributed by atoms with Crippen LogP contribution in [0.2, 0.25) is 0 Å². The third kappa shape index (κ3) is 2.84. The van der Waals surface area contributed by atoms with E-state index in [1.165, 1.54) is 13.2 Å². The average Bonchev–Trinajstić information content (AvgIpc) is 2.71. The second-order valence-corrected chi connectivity index (χ2v) is 5.60.